The van der Waals surface area contributed by atoms with Gasteiger partial charge in [0.05, 0.1) is 12.7 Å². The van der Waals surface area contributed by atoms with Crippen LogP contribution in [-0.4, -0.2) is 21.5 Å². The molecule has 2 aromatic carbocycles. The Hall–Kier alpha value is -2.41. The van der Waals surface area contributed by atoms with Gasteiger partial charge in [0.15, 0.2) is 11.6 Å². The normalized spacial score (nSPS) is 11.0. The minimum atomic E-state index is -4.25. The van der Waals surface area contributed by atoms with Crippen LogP contribution in [-0.2, 0) is 14.9 Å². The van der Waals surface area contributed by atoms with Crippen molar-refractivity contribution >= 4 is 16.1 Å². The van der Waals surface area contributed by atoms with E-state index in [9.17, 15) is 17.6 Å². The number of carbonyl (C=O) groups excluding carboxylic acids is 1. The van der Waals surface area contributed by atoms with Crippen molar-refractivity contribution in [3.05, 3.63) is 59.9 Å². The Morgan fingerprint density at radius 3 is 2.48 bits per heavy atom. The molecule has 0 aliphatic heterocycles. The first-order valence-electron chi connectivity index (χ1n) is 5.81. The summed E-state index contributed by atoms with van der Waals surface area (Å²) in [5, 5.41) is 0. The fraction of sp³-hybridized carbons (Fsp3) is 0.0714. The van der Waals surface area contributed by atoms with Crippen molar-refractivity contribution < 1.29 is 26.5 Å². The molecular formula is C14H11FO5S. The highest BCUT2D eigenvalue weighted by Gasteiger charge is 2.20. The average Bonchev–Trinajstić information content (AvgIpc) is 2.49. The summed E-state index contributed by atoms with van der Waals surface area (Å²) in [6.45, 7) is 0. The van der Waals surface area contributed by atoms with E-state index >= 15 is 0 Å². The number of rotatable bonds is 4. The topological polar surface area (TPSA) is 69.7 Å². The van der Waals surface area contributed by atoms with Crippen LogP contribution in [0, 0.1) is 5.82 Å². The third-order valence-electron chi connectivity index (χ3n) is 2.58. The number of esters is 1. The van der Waals surface area contributed by atoms with Crippen LogP contribution in [0.5, 0.6) is 5.75 Å². The number of methoxy groups -OCH3 is 1. The predicted molar refractivity (Wildman–Crippen MR) is 72.0 cm³/mol. The molecule has 0 saturated heterocycles. The molecule has 2 aromatic rings. The minimum absolute atomic E-state index is 0.0516. The van der Waals surface area contributed by atoms with Crippen LogP contribution < -0.4 is 4.18 Å². The lowest BCUT2D eigenvalue weighted by molar-refractivity contribution is 0.0600. The summed E-state index contributed by atoms with van der Waals surface area (Å²) in [5.41, 5.74) is 0.0516. The van der Waals surface area contributed by atoms with E-state index in [1.807, 2.05) is 0 Å². The van der Waals surface area contributed by atoms with Crippen molar-refractivity contribution in [1.29, 1.82) is 0 Å². The Labute approximate surface area is 121 Å². The summed E-state index contributed by atoms with van der Waals surface area (Å²) in [5.74, 6) is -1.90. The SMILES string of the molecule is COC(=O)c1cccc(S(=O)(=O)Oc2ccccc2F)c1. The van der Waals surface area contributed by atoms with Gasteiger partial charge in [0.25, 0.3) is 0 Å². The third kappa shape index (κ3) is 3.38. The lowest BCUT2D eigenvalue weighted by atomic mass is 10.2. The first-order valence-corrected chi connectivity index (χ1v) is 7.22. The van der Waals surface area contributed by atoms with Gasteiger partial charge in [-0.1, -0.05) is 18.2 Å². The van der Waals surface area contributed by atoms with Gasteiger partial charge in [-0.25, -0.2) is 9.18 Å². The Balaban J connectivity index is 2.36. The van der Waals surface area contributed by atoms with Gasteiger partial charge in [0, 0.05) is 0 Å². The maximum atomic E-state index is 13.4. The summed E-state index contributed by atoms with van der Waals surface area (Å²) in [6.07, 6.45) is 0. The minimum Gasteiger partial charge on any atom is -0.465 e. The second kappa shape index (κ2) is 5.92. The molecule has 0 N–H and O–H groups in total. The molecule has 0 fully saturated rings. The molecule has 0 heterocycles. The fourth-order valence-corrected chi connectivity index (χ4v) is 2.56. The van der Waals surface area contributed by atoms with Gasteiger partial charge in [-0.2, -0.15) is 8.42 Å². The van der Waals surface area contributed by atoms with Crippen molar-refractivity contribution in [2.45, 2.75) is 4.90 Å². The van der Waals surface area contributed by atoms with Crippen LogP contribution in [0.4, 0.5) is 4.39 Å². The zero-order chi connectivity index (χ0) is 15.5. The summed E-state index contributed by atoms with van der Waals surface area (Å²) in [7, 11) is -3.07. The van der Waals surface area contributed by atoms with Crippen LogP contribution in [0.2, 0.25) is 0 Å². The summed E-state index contributed by atoms with van der Waals surface area (Å²) >= 11 is 0. The summed E-state index contributed by atoms with van der Waals surface area (Å²) in [6, 6.07) is 10.2. The number of hydrogen-bond acceptors (Lipinski definition) is 5. The molecule has 21 heavy (non-hydrogen) atoms. The van der Waals surface area contributed by atoms with Crippen LogP contribution in [0.25, 0.3) is 0 Å². The lowest BCUT2D eigenvalue weighted by Gasteiger charge is -2.08. The molecular weight excluding hydrogens is 299 g/mol. The summed E-state index contributed by atoms with van der Waals surface area (Å²) in [4.78, 5) is 11.1. The van der Waals surface area contributed by atoms with E-state index in [0.717, 1.165) is 12.1 Å². The van der Waals surface area contributed by atoms with E-state index in [0.29, 0.717) is 0 Å². The van der Waals surface area contributed by atoms with E-state index in [-0.39, 0.29) is 10.5 Å². The van der Waals surface area contributed by atoms with Crippen molar-refractivity contribution in [1.82, 2.24) is 0 Å². The first-order chi connectivity index (χ1) is 9.94. The van der Waals surface area contributed by atoms with E-state index in [2.05, 4.69) is 4.74 Å². The predicted octanol–water partition coefficient (Wildman–Crippen LogP) is 2.38. The maximum Gasteiger partial charge on any atom is 0.339 e. The van der Waals surface area contributed by atoms with Crippen LogP contribution in [0.3, 0.4) is 0 Å². The van der Waals surface area contributed by atoms with Crippen LogP contribution in [0.1, 0.15) is 10.4 Å². The molecule has 0 atom stereocenters. The highest BCUT2D eigenvalue weighted by molar-refractivity contribution is 7.87. The fourth-order valence-electron chi connectivity index (χ4n) is 1.58. The number of halogens is 1. The van der Waals surface area contributed by atoms with Crippen molar-refractivity contribution in [3.63, 3.8) is 0 Å². The van der Waals surface area contributed by atoms with E-state index in [1.54, 1.807) is 0 Å². The average molecular weight is 310 g/mol. The van der Waals surface area contributed by atoms with Gasteiger partial charge >= 0.3 is 16.1 Å². The molecule has 7 heteroatoms. The maximum absolute atomic E-state index is 13.4. The highest BCUT2D eigenvalue weighted by Crippen LogP contribution is 2.22. The molecule has 2 rings (SSSR count). The molecule has 0 bridgehead atoms. The first kappa shape index (κ1) is 15.0. The van der Waals surface area contributed by atoms with Gasteiger partial charge in [-0.05, 0) is 30.3 Å². The zero-order valence-corrected chi connectivity index (χ0v) is 11.8. The number of benzene rings is 2. The molecule has 0 amide bonds. The highest BCUT2D eigenvalue weighted by atomic mass is 32.2. The number of carbonyl (C=O) groups is 1. The largest absolute Gasteiger partial charge is 0.465 e. The monoisotopic (exact) mass is 310 g/mol. The Morgan fingerprint density at radius 1 is 1.10 bits per heavy atom. The molecule has 110 valence electrons. The number of para-hydroxylation sites is 1. The lowest BCUT2D eigenvalue weighted by Crippen LogP contribution is -2.12. The van der Waals surface area contributed by atoms with Gasteiger partial charge < -0.3 is 8.92 Å². The second-order valence-corrected chi connectivity index (χ2v) is 5.53. The Kier molecular flexibility index (Phi) is 4.23. The quantitative estimate of drug-likeness (QED) is 0.640. The van der Waals surface area contributed by atoms with Gasteiger partial charge in [0.1, 0.15) is 4.90 Å². The molecule has 5 nitrogen and oxygen atoms in total. The summed E-state index contributed by atoms with van der Waals surface area (Å²) < 4.78 is 46.8. The molecule has 0 aromatic heterocycles. The number of hydrogen-bond donors (Lipinski definition) is 0. The van der Waals surface area contributed by atoms with Gasteiger partial charge in [-0.15, -0.1) is 0 Å². The molecule has 0 saturated carbocycles. The van der Waals surface area contributed by atoms with Crippen molar-refractivity contribution in [3.8, 4) is 5.75 Å². The van der Waals surface area contributed by atoms with E-state index < -0.39 is 27.7 Å². The smallest absolute Gasteiger partial charge is 0.339 e. The van der Waals surface area contributed by atoms with Crippen LogP contribution >= 0.6 is 0 Å². The van der Waals surface area contributed by atoms with Crippen molar-refractivity contribution in [2.75, 3.05) is 7.11 Å². The van der Waals surface area contributed by atoms with Gasteiger partial charge in [0.2, 0.25) is 0 Å². The third-order valence-corrected chi connectivity index (χ3v) is 3.81. The number of ether oxygens (including phenoxy) is 1. The molecule has 0 aliphatic carbocycles. The molecule has 0 radical (unpaired) electrons. The van der Waals surface area contributed by atoms with Crippen LogP contribution in [0.15, 0.2) is 53.4 Å². The molecule has 0 aliphatic rings. The molecule has 0 unspecified atom stereocenters. The van der Waals surface area contributed by atoms with Crippen molar-refractivity contribution in [2.24, 2.45) is 0 Å². The Bertz CT molecular complexity index is 770. The molecule has 0 spiro atoms. The Morgan fingerprint density at radius 2 is 1.81 bits per heavy atom. The van der Waals surface area contributed by atoms with Gasteiger partial charge in [-0.3, -0.25) is 0 Å². The standard InChI is InChI=1S/C14H11FO5S/c1-19-14(16)10-5-4-6-11(9-10)21(17,18)20-13-8-3-2-7-12(13)15/h2-9H,1H3. The second-order valence-electron chi connectivity index (χ2n) is 3.99. The van der Waals surface area contributed by atoms with E-state index in [1.165, 1.54) is 43.5 Å². The zero-order valence-electron chi connectivity index (χ0n) is 10.9. The van der Waals surface area contributed by atoms with E-state index in [4.69, 9.17) is 4.18 Å².